The van der Waals surface area contributed by atoms with Crippen LogP contribution in [0.25, 0.3) is 0 Å². The van der Waals surface area contributed by atoms with Crippen LogP contribution in [-0.2, 0) is 31.9 Å². The molecule has 0 unspecified atom stereocenters. The number of hydrogen-bond acceptors (Lipinski definition) is 5. The van der Waals surface area contributed by atoms with E-state index in [0.717, 1.165) is 5.56 Å². The van der Waals surface area contributed by atoms with Gasteiger partial charge in [-0.15, -0.1) is 0 Å². The Kier molecular flexibility index (Phi) is 9.39. The van der Waals surface area contributed by atoms with Crippen molar-refractivity contribution in [3.8, 4) is 0 Å². The number of hydrogen-bond donors (Lipinski definition) is 2. The Morgan fingerprint density at radius 1 is 0.939 bits per heavy atom. The molecule has 2 amide bonds. The molecule has 0 aliphatic carbocycles. The molecule has 0 saturated heterocycles. The smallest absolute Gasteiger partial charge is 0.407 e. The van der Waals surface area contributed by atoms with Crippen LogP contribution in [0.5, 0.6) is 0 Å². The van der Waals surface area contributed by atoms with Gasteiger partial charge in [0, 0.05) is 18.9 Å². The molecular formula is C25H31FN2O5. The number of alkyl carbamates (subject to hydrolysis) is 1. The summed E-state index contributed by atoms with van der Waals surface area (Å²) in [5.41, 5.74) is 0.462. The molecule has 0 saturated carbocycles. The number of carbonyl (C=O) groups is 3. The summed E-state index contributed by atoms with van der Waals surface area (Å²) in [6.07, 6.45) is -0.585. The summed E-state index contributed by atoms with van der Waals surface area (Å²) in [5, 5.41) is 5.31. The molecule has 7 nitrogen and oxygen atoms in total. The number of nitrogens with one attached hydrogen (secondary N) is 2. The maximum atomic E-state index is 14.2. The topological polar surface area (TPSA) is 93.7 Å². The van der Waals surface area contributed by atoms with E-state index >= 15 is 0 Å². The maximum absolute atomic E-state index is 14.2. The van der Waals surface area contributed by atoms with Gasteiger partial charge in [0.2, 0.25) is 5.91 Å². The molecule has 0 fully saturated rings. The van der Waals surface area contributed by atoms with Crippen molar-refractivity contribution in [3.63, 3.8) is 0 Å². The van der Waals surface area contributed by atoms with Crippen LogP contribution in [0.3, 0.4) is 0 Å². The summed E-state index contributed by atoms with van der Waals surface area (Å²) in [4.78, 5) is 37.4. The first-order valence-electron chi connectivity index (χ1n) is 10.7. The second kappa shape index (κ2) is 12.0. The fraction of sp³-hybridized carbons (Fsp3) is 0.400. The Morgan fingerprint density at radius 3 is 2.18 bits per heavy atom. The van der Waals surface area contributed by atoms with E-state index in [-0.39, 0.29) is 19.3 Å². The van der Waals surface area contributed by atoms with Crippen molar-refractivity contribution in [2.45, 2.75) is 57.7 Å². The second-order valence-corrected chi connectivity index (χ2v) is 8.68. The van der Waals surface area contributed by atoms with Gasteiger partial charge in [-0.1, -0.05) is 48.5 Å². The molecule has 0 spiro atoms. The van der Waals surface area contributed by atoms with Gasteiger partial charge in [-0.2, -0.15) is 0 Å². The van der Waals surface area contributed by atoms with E-state index in [1.165, 1.54) is 13.2 Å². The van der Waals surface area contributed by atoms with E-state index in [4.69, 9.17) is 9.47 Å². The van der Waals surface area contributed by atoms with Crippen LogP contribution in [0.15, 0.2) is 54.6 Å². The van der Waals surface area contributed by atoms with E-state index < -0.39 is 41.5 Å². The molecule has 2 aromatic carbocycles. The summed E-state index contributed by atoms with van der Waals surface area (Å²) < 4.78 is 24.3. The molecule has 0 aliphatic rings. The van der Waals surface area contributed by atoms with Gasteiger partial charge in [0.1, 0.15) is 17.5 Å². The lowest BCUT2D eigenvalue weighted by Gasteiger charge is -2.24. The monoisotopic (exact) mass is 458 g/mol. The average Bonchev–Trinajstić information content (AvgIpc) is 2.73. The van der Waals surface area contributed by atoms with Crippen LogP contribution in [0.4, 0.5) is 9.18 Å². The van der Waals surface area contributed by atoms with Crippen LogP contribution in [0, 0.1) is 5.82 Å². The standard InChI is InChI=1S/C25H31FN2O5/c1-25(2,3)33-24(31)27-19(15-18-12-8-9-13-20(18)26)16-22(29)28-21(23(30)32-4)14-17-10-6-5-7-11-17/h5-13,19,21H,14-16H2,1-4H3,(H,27,31)(H,28,29)/t19-,21-/m1/s1. The Hall–Kier alpha value is -3.42. The van der Waals surface area contributed by atoms with Crippen molar-refractivity contribution in [2.24, 2.45) is 0 Å². The average molecular weight is 459 g/mol. The maximum Gasteiger partial charge on any atom is 0.407 e. The molecule has 0 bridgehead atoms. The summed E-state index contributed by atoms with van der Waals surface area (Å²) in [6, 6.07) is 13.7. The lowest BCUT2D eigenvalue weighted by Crippen LogP contribution is -2.47. The Morgan fingerprint density at radius 2 is 1.58 bits per heavy atom. The fourth-order valence-corrected chi connectivity index (χ4v) is 3.24. The van der Waals surface area contributed by atoms with Crippen LogP contribution < -0.4 is 10.6 Å². The van der Waals surface area contributed by atoms with Crippen molar-refractivity contribution >= 4 is 18.0 Å². The number of amides is 2. The Labute approximate surface area is 193 Å². The van der Waals surface area contributed by atoms with Gasteiger partial charge >= 0.3 is 12.1 Å². The lowest BCUT2D eigenvalue weighted by molar-refractivity contribution is -0.145. The molecule has 2 rings (SSSR count). The number of carbonyl (C=O) groups excluding carboxylic acids is 3. The highest BCUT2D eigenvalue weighted by molar-refractivity contribution is 5.85. The quantitative estimate of drug-likeness (QED) is 0.561. The van der Waals surface area contributed by atoms with Gasteiger partial charge in [-0.3, -0.25) is 4.79 Å². The van der Waals surface area contributed by atoms with Gasteiger partial charge in [-0.05, 0) is 44.4 Å². The minimum atomic E-state index is -0.902. The molecule has 8 heteroatoms. The number of methoxy groups -OCH3 is 1. The minimum absolute atomic E-state index is 0.0703. The van der Waals surface area contributed by atoms with Gasteiger partial charge in [0.25, 0.3) is 0 Å². The molecule has 33 heavy (non-hydrogen) atoms. The molecule has 2 atom stereocenters. The molecule has 178 valence electrons. The zero-order chi connectivity index (χ0) is 24.4. The molecule has 2 aromatic rings. The van der Waals surface area contributed by atoms with E-state index in [0.29, 0.717) is 5.56 Å². The zero-order valence-corrected chi connectivity index (χ0v) is 19.4. The van der Waals surface area contributed by atoms with Crippen molar-refractivity contribution < 1.29 is 28.2 Å². The van der Waals surface area contributed by atoms with Crippen LogP contribution in [0.1, 0.15) is 38.3 Å². The van der Waals surface area contributed by atoms with E-state index in [2.05, 4.69) is 10.6 Å². The predicted molar refractivity (Wildman–Crippen MR) is 122 cm³/mol. The Bertz CT molecular complexity index is 943. The number of halogens is 1. The molecule has 0 aliphatic heterocycles. The summed E-state index contributed by atoms with van der Waals surface area (Å²) in [6.45, 7) is 5.15. The van der Waals surface area contributed by atoms with E-state index in [1.807, 2.05) is 30.3 Å². The van der Waals surface area contributed by atoms with Crippen molar-refractivity contribution in [2.75, 3.05) is 7.11 Å². The first-order valence-corrected chi connectivity index (χ1v) is 10.7. The number of benzene rings is 2. The molecule has 0 aromatic heterocycles. The normalized spacial score (nSPS) is 12.9. The van der Waals surface area contributed by atoms with Gasteiger partial charge in [0.05, 0.1) is 7.11 Å². The first kappa shape index (κ1) is 25.8. The largest absolute Gasteiger partial charge is 0.467 e. The second-order valence-electron chi connectivity index (χ2n) is 8.68. The van der Waals surface area contributed by atoms with Crippen LogP contribution in [-0.4, -0.2) is 42.8 Å². The third-order valence-electron chi connectivity index (χ3n) is 4.68. The molecule has 0 radical (unpaired) electrons. The van der Waals surface area contributed by atoms with Gasteiger partial charge < -0.3 is 20.1 Å². The number of ether oxygens (including phenoxy) is 2. The Balaban J connectivity index is 2.12. The van der Waals surface area contributed by atoms with Gasteiger partial charge in [-0.25, -0.2) is 14.0 Å². The van der Waals surface area contributed by atoms with E-state index in [1.54, 1.807) is 39.0 Å². The highest BCUT2D eigenvalue weighted by atomic mass is 19.1. The van der Waals surface area contributed by atoms with Crippen molar-refractivity contribution in [1.29, 1.82) is 0 Å². The van der Waals surface area contributed by atoms with Crippen molar-refractivity contribution in [1.82, 2.24) is 10.6 Å². The molecular weight excluding hydrogens is 427 g/mol. The minimum Gasteiger partial charge on any atom is -0.467 e. The predicted octanol–water partition coefficient (Wildman–Crippen LogP) is 3.55. The van der Waals surface area contributed by atoms with Crippen molar-refractivity contribution in [3.05, 3.63) is 71.5 Å². The molecule has 0 heterocycles. The van der Waals surface area contributed by atoms with Gasteiger partial charge in [0.15, 0.2) is 0 Å². The highest BCUT2D eigenvalue weighted by Crippen LogP contribution is 2.13. The summed E-state index contributed by atoms with van der Waals surface area (Å²) >= 11 is 0. The van der Waals surface area contributed by atoms with Crippen LogP contribution >= 0.6 is 0 Å². The number of esters is 1. The third kappa shape index (κ3) is 9.31. The summed E-state index contributed by atoms with van der Waals surface area (Å²) in [5.74, 6) is -1.51. The van der Waals surface area contributed by atoms with E-state index in [9.17, 15) is 18.8 Å². The fourth-order valence-electron chi connectivity index (χ4n) is 3.24. The zero-order valence-electron chi connectivity index (χ0n) is 19.4. The highest BCUT2D eigenvalue weighted by Gasteiger charge is 2.26. The molecule has 2 N–H and O–H groups in total. The first-order chi connectivity index (χ1) is 15.6. The third-order valence-corrected chi connectivity index (χ3v) is 4.68. The SMILES string of the molecule is COC(=O)[C@@H](Cc1ccccc1)NC(=O)C[C@@H](Cc1ccccc1F)NC(=O)OC(C)(C)C. The summed E-state index contributed by atoms with van der Waals surface area (Å²) in [7, 11) is 1.25. The van der Waals surface area contributed by atoms with Crippen LogP contribution in [0.2, 0.25) is 0 Å². The number of rotatable bonds is 9. The lowest BCUT2D eigenvalue weighted by atomic mass is 10.0.